The molecule has 3 heterocycles. The highest BCUT2D eigenvalue weighted by Crippen LogP contribution is 2.27. The van der Waals surface area contributed by atoms with Gasteiger partial charge >= 0.3 is 0 Å². The number of rotatable bonds is 6. The maximum absolute atomic E-state index is 12.6. The molecule has 5 rings (SSSR count). The van der Waals surface area contributed by atoms with Crippen LogP contribution >= 0.6 is 11.3 Å². The quantitative estimate of drug-likeness (QED) is 0.389. The Labute approximate surface area is 176 Å². The van der Waals surface area contributed by atoms with Crippen molar-refractivity contribution in [2.45, 2.75) is 13.1 Å². The lowest BCUT2D eigenvalue weighted by atomic mass is 10.2. The fraction of sp³-hybridized carbons (Fsp3) is 0.0909. The predicted octanol–water partition coefficient (Wildman–Crippen LogP) is 4.11. The van der Waals surface area contributed by atoms with Gasteiger partial charge in [0.05, 0.1) is 27.8 Å². The Morgan fingerprint density at radius 1 is 1.00 bits per heavy atom. The molecule has 0 atom stereocenters. The van der Waals surface area contributed by atoms with E-state index in [1.165, 1.54) is 11.3 Å². The van der Waals surface area contributed by atoms with Gasteiger partial charge < -0.3 is 15.6 Å². The number of imidazole rings is 1. The number of aromatic amines is 1. The fourth-order valence-corrected chi connectivity index (χ4v) is 4.08. The van der Waals surface area contributed by atoms with Crippen molar-refractivity contribution in [3.8, 4) is 0 Å². The smallest absolute Gasteiger partial charge is 0.251 e. The Morgan fingerprint density at radius 2 is 1.93 bits per heavy atom. The molecule has 7 nitrogen and oxygen atoms in total. The van der Waals surface area contributed by atoms with Gasteiger partial charge in [-0.3, -0.25) is 9.78 Å². The van der Waals surface area contributed by atoms with Crippen molar-refractivity contribution < 1.29 is 4.79 Å². The van der Waals surface area contributed by atoms with Gasteiger partial charge in [-0.15, -0.1) is 0 Å². The maximum Gasteiger partial charge on any atom is 0.251 e. The summed E-state index contributed by atoms with van der Waals surface area (Å²) in [5, 5.41) is 7.05. The van der Waals surface area contributed by atoms with E-state index in [9.17, 15) is 4.79 Å². The summed E-state index contributed by atoms with van der Waals surface area (Å²) in [7, 11) is 0. The summed E-state index contributed by atoms with van der Waals surface area (Å²) in [6.07, 6.45) is 3.58. The van der Waals surface area contributed by atoms with E-state index in [2.05, 4.69) is 30.6 Å². The second-order valence-electron chi connectivity index (χ2n) is 6.80. The minimum absolute atomic E-state index is 0.143. The number of thiazole rings is 1. The lowest BCUT2D eigenvalue weighted by Crippen LogP contribution is -2.23. The summed E-state index contributed by atoms with van der Waals surface area (Å²) in [5.74, 6) is 0.584. The van der Waals surface area contributed by atoms with Crippen molar-refractivity contribution in [1.29, 1.82) is 0 Å². The molecule has 2 aromatic carbocycles. The standard InChI is InChI=1S/C22H18N6OS/c29-21(24-13-20-26-16-5-1-2-6-17(16)27-20)15-7-8-18-19(10-15)30-22(28-18)25-12-14-4-3-9-23-11-14/h1-11H,12-13H2,(H,24,29)(H,25,28)(H,26,27). The third-order valence-corrected chi connectivity index (χ3v) is 5.65. The van der Waals surface area contributed by atoms with Crippen molar-refractivity contribution in [2.75, 3.05) is 5.32 Å². The molecule has 3 N–H and O–H groups in total. The number of fused-ring (bicyclic) bond motifs is 2. The minimum atomic E-state index is -0.143. The van der Waals surface area contributed by atoms with Crippen molar-refractivity contribution in [3.63, 3.8) is 0 Å². The average Bonchev–Trinajstić information content (AvgIpc) is 3.39. The van der Waals surface area contributed by atoms with E-state index < -0.39 is 0 Å². The van der Waals surface area contributed by atoms with Crippen LogP contribution in [0.2, 0.25) is 0 Å². The van der Waals surface area contributed by atoms with Gasteiger partial charge in [0.2, 0.25) is 0 Å². The first-order valence-corrected chi connectivity index (χ1v) is 10.3. The molecule has 0 aliphatic carbocycles. The number of hydrogen-bond acceptors (Lipinski definition) is 6. The van der Waals surface area contributed by atoms with Gasteiger partial charge in [0, 0.05) is 24.5 Å². The summed E-state index contributed by atoms with van der Waals surface area (Å²) in [6, 6.07) is 17.3. The molecule has 0 spiro atoms. The van der Waals surface area contributed by atoms with Gasteiger partial charge in [0.25, 0.3) is 5.91 Å². The van der Waals surface area contributed by atoms with Crippen LogP contribution in [0.5, 0.6) is 0 Å². The molecule has 0 fully saturated rings. The Balaban J connectivity index is 1.26. The molecule has 0 aliphatic heterocycles. The molecule has 0 saturated heterocycles. The summed E-state index contributed by atoms with van der Waals surface area (Å²) < 4.78 is 0.958. The Morgan fingerprint density at radius 3 is 2.80 bits per heavy atom. The highest BCUT2D eigenvalue weighted by molar-refractivity contribution is 7.22. The Bertz CT molecular complexity index is 1290. The third kappa shape index (κ3) is 3.85. The number of carbonyl (C=O) groups excluding carboxylic acids is 1. The van der Waals surface area contributed by atoms with E-state index in [1.54, 1.807) is 12.3 Å². The van der Waals surface area contributed by atoms with E-state index in [4.69, 9.17) is 0 Å². The molecule has 0 radical (unpaired) electrons. The zero-order valence-corrected chi connectivity index (χ0v) is 16.7. The van der Waals surface area contributed by atoms with Gasteiger partial charge in [0.15, 0.2) is 5.13 Å². The van der Waals surface area contributed by atoms with Crippen LogP contribution in [0.1, 0.15) is 21.7 Å². The second-order valence-corrected chi connectivity index (χ2v) is 7.83. The molecule has 0 unspecified atom stereocenters. The number of nitrogens with one attached hydrogen (secondary N) is 3. The van der Waals surface area contributed by atoms with Crippen molar-refractivity contribution in [3.05, 3.63) is 83.9 Å². The monoisotopic (exact) mass is 414 g/mol. The second kappa shape index (κ2) is 7.92. The molecule has 0 bridgehead atoms. The normalized spacial score (nSPS) is 11.1. The van der Waals surface area contributed by atoms with E-state index in [-0.39, 0.29) is 5.91 Å². The zero-order chi connectivity index (χ0) is 20.3. The fourth-order valence-electron chi connectivity index (χ4n) is 3.18. The van der Waals surface area contributed by atoms with Crippen LogP contribution in [0, 0.1) is 0 Å². The number of nitrogens with zero attached hydrogens (tertiary/aromatic N) is 3. The molecule has 8 heteroatoms. The molecule has 1 amide bonds. The number of hydrogen-bond donors (Lipinski definition) is 3. The molecule has 0 aliphatic rings. The summed E-state index contributed by atoms with van der Waals surface area (Å²) in [6.45, 7) is 0.991. The number of aromatic nitrogens is 4. The first-order chi connectivity index (χ1) is 14.7. The van der Waals surface area contributed by atoms with Crippen molar-refractivity contribution >= 4 is 43.6 Å². The number of amides is 1. The number of pyridine rings is 1. The zero-order valence-electron chi connectivity index (χ0n) is 15.9. The lowest BCUT2D eigenvalue weighted by Gasteiger charge is -2.03. The summed E-state index contributed by atoms with van der Waals surface area (Å²) in [5.41, 5.74) is 4.39. The van der Waals surface area contributed by atoms with Crippen LogP contribution in [-0.4, -0.2) is 25.8 Å². The molecule has 0 saturated carbocycles. The molecule has 3 aromatic heterocycles. The van der Waals surface area contributed by atoms with Crippen LogP contribution in [-0.2, 0) is 13.1 Å². The number of benzene rings is 2. The van der Waals surface area contributed by atoms with E-state index >= 15 is 0 Å². The van der Waals surface area contributed by atoms with Gasteiger partial charge in [-0.25, -0.2) is 9.97 Å². The minimum Gasteiger partial charge on any atom is -0.357 e. The van der Waals surface area contributed by atoms with Crippen LogP contribution in [0.4, 0.5) is 5.13 Å². The summed E-state index contributed by atoms with van der Waals surface area (Å²) in [4.78, 5) is 29.0. The largest absolute Gasteiger partial charge is 0.357 e. The molecular formula is C22H18N6OS. The Kier molecular flexibility index (Phi) is 4.82. The van der Waals surface area contributed by atoms with E-state index in [0.717, 1.165) is 37.8 Å². The van der Waals surface area contributed by atoms with Crippen molar-refractivity contribution in [1.82, 2.24) is 25.3 Å². The topological polar surface area (TPSA) is 95.6 Å². The number of anilines is 1. The summed E-state index contributed by atoms with van der Waals surface area (Å²) >= 11 is 1.52. The number of H-pyrrole nitrogens is 1. The van der Waals surface area contributed by atoms with E-state index in [0.29, 0.717) is 18.7 Å². The predicted molar refractivity (Wildman–Crippen MR) is 118 cm³/mol. The molecular weight excluding hydrogens is 396 g/mol. The van der Waals surface area contributed by atoms with Crippen LogP contribution in [0.3, 0.4) is 0 Å². The number of carbonyl (C=O) groups is 1. The van der Waals surface area contributed by atoms with E-state index in [1.807, 2.05) is 54.7 Å². The van der Waals surface area contributed by atoms with Gasteiger partial charge in [-0.1, -0.05) is 29.5 Å². The van der Waals surface area contributed by atoms with Crippen LogP contribution in [0.15, 0.2) is 67.0 Å². The first kappa shape index (κ1) is 18.3. The molecule has 30 heavy (non-hydrogen) atoms. The Hall–Kier alpha value is -3.78. The maximum atomic E-state index is 12.6. The van der Waals surface area contributed by atoms with Crippen LogP contribution in [0.25, 0.3) is 21.3 Å². The van der Waals surface area contributed by atoms with Crippen LogP contribution < -0.4 is 10.6 Å². The molecule has 148 valence electrons. The lowest BCUT2D eigenvalue weighted by molar-refractivity contribution is 0.0950. The first-order valence-electron chi connectivity index (χ1n) is 9.50. The number of para-hydroxylation sites is 2. The highest BCUT2D eigenvalue weighted by atomic mass is 32.1. The van der Waals surface area contributed by atoms with Gasteiger partial charge in [-0.2, -0.15) is 0 Å². The highest BCUT2D eigenvalue weighted by Gasteiger charge is 2.11. The van der Waals surface area contributed by atoms with Gasteiger partial charge in [-0.05, 0) is 42.0 Å². The average molecular weight is 414 g/mol. The third-order valence-electron chi connectivity index (χ3n) is 4.67. The van der Waals surface area contributed by atoms with Gasteiger partial charge in [0.1, 0.15) is 5.82 Å². The van der Waals surface area contributed by atoms with Crippen molar-refractivity contribution in [2.24, 2.45) is 0 Å². The SMILES string of the molecule is O=C(NCc1nc2ccccc2[nH]1)c1ccc2nc(NCc3cccnc3)sc2c1. The molecule has 5 aromatic rings.